The third-order valence-corrected chi connectivity index (χ3v) is 6.06. The Bertz CT molecular complexity index is 1190. The molecule has 2 heterocycles. The maximum absolute atomic E-state index is 12.6. The fraction of sp³-hybridized carbons (Fsp3) is 0.360. The predicted molar refractivity (Wildman–Crippen MR) is 133 cm³/mol. The summed E-state index contributed by atoms with van der Waals surface area (Å²) in [6, 6.07) is 13.8. The molecule has 0 atom stereocenters. The smallest absolute Gasteiger partial charge is 0.407 e. The van der Waals surface area contributed by atoms with Crippen LogP contribution in [-0.2, 0) is 11.3 Å². The molecule has 0 bridgehead atoms. The fourth-order valence-corrected chi connectivity index (χ4v) is 4.03. The van der Waals surface area contributed by atoms with Gasteiger partial charge in [-0.1, -0.05) is 18.2 Å². The van der Waals surface area contributed by atoms with E-state index < -0.39 is 6.09 Å². The molecule has 0 saturated carbocycles. The van der Waals surface area contributed by atoms with Crippen LogP contribution in [0.1, 0.15) is 24.0 Å². The van der Waals surface area contributed by atoms with E-state index in [-0.39, 0.29) is 11.8 Å². The van der Waals surface area contributed by atoms with E-state index in [1.165, 1.54) is 4.90 Å². The first kappa shape index (κ1) is 23.3. The monoisotopic (exact) mass is 462 g/mol. The van der Waals surface area contributed by atoms with E-state index in [0.717, 1.165) is 33.5 Å². The van der Waals surface area contributed by atoms with Gasteiger partial charge < -0.3 is 25.5 Å². The lowest BCUT2D eigenvalue weighted by molar-refractivity contribution is -0.121. The van der Waals surface area contributed by atoms with Crippen LogP contribution >= 0.6 is 0 Å². The average molecular weight is 463 g/mol. The van der Waals surface area contributed by atoms with Crippen molar-refractivity contribution in [2.75, 3.05) is 42.7 Å². The Morgan fingerprint density at radius 2 is 1.79 bits per heavy atom. The molecule has 1 aromatic heterocycles. The number of hydrogen-bond acceptors (Lipinski definition) is 6. The quantitative estimate of drug-likeness (QED) is 0.509. The topological polar surface area (TPSA) is 111 Å². The third-order valence-electron chi connectivity index (χ3n) is 6.06. The van der Waals surface area contributed by atoms with Gasteiger partial charge in [0.2, 0.25) is 11.9 Å². The number of amides is 2. The lowest BCUT2D eigenvalue weighted by Gasteiger charge is -2.29. The summed E-state index contributed by atoms with van der Waals surface area (Å²) in [4.78, 5) is 36.2. The first-order valence-corrected chi connectivity index (χ1v) is 11.4. The number of anilines is 3. The zero-order valence-corrected chi connectivity index (χ0v) is 19.7. The number of carbonyl (C=O) groups is 2. The minimum atomic E-state index is -0.925. The van der Waals surface area contributed by atoms with E-state index in [4.69, 9.17) is 5.11 Å². The van der Waals surface area contributed by atoms with Gasteiger partial charge in [0.1, 0.15) is 5.82 Å². The number of rotatable bonds is 6. The second-order valence-electron chi connectivity index (χ2n) is 8.87. The van der Waals surface area contributed by atoms with Crippen LogP contribution in [-0.4, -0.2) is 59.2 Å². The van der Waals surface area contributed by atoms with E-state index in [9.17, 15) is 9.59 Å². The number of likely N-dealkylation sites (tertiary alicyclic amines) is 1. The van der Waals surface area contributed by atoms with Crippen LogP contribution in [0.3, 0.4) is 0 Å². The second kappa shape index (κ2) is 9.94. The SMILES string of the molecule is Cc1ccc2c(NCc3ccc(NC(=O)C4CCN(C(=O)O)CC4)cc3)nc(N(C)C)nc2c1. The molecule has 1 fully saturated rings. The van der Waals surface area contributed by atoms with Crippen molar-refractivity contribution in [2.45, 2.75) is 26.3 Å². The molecule has 1 saturated heterocycles. The Morgan fingerprint density at radius 1 is 1.09 bits per heavy atom. The number of hydrogen-bond donors (Lipinski definition) is 3. The van der Waals surface area contributed by atoms with Crippen LogP contribution in [0.4, 0.5) is 22.2 Å². The predicted octanol–water partition coefficient (Wildman–Crippen LogP) is 3.94. The molecule has 1 aliphatic rings. The Hall–Kier alpha value is -3.88. The number of nitrogens with one attached hydrogen (secondary N) is 2. The van der Waals surface area contributed by atoms with Crippen molar-refractivity contribution in [3.63, 3.8) is 0 Å². The molecule has 3 N–H and O–H groups in total. The molecule has 178 valence electrons. The molecule has 0 aliphatic carbocycles. The number of nitrogens with zero attached hydrogens (tertiary/aromatic N) is 4. The number of benzene rings is 2. The summed E-state index contributed by atoms with van der Waals surface area (Å²) in [5, 5.41) is 16.4. The fourth-order valence-electron chi connectivity index (χ4n) is 4.03. The summed E-state index contributed by atoms with van der Waals surface area (Å²) in [5.41, 5.74) is 3.82. The first-order chi connectivity index (χ1) is 16.3. The highest BCUT2D eigenvalue weighted by atomic mass is 16.4. The highest BCUT2D eigenvalue weighted by Gasteiger charge is 2.27. The van der Waals surface area contributed by atoms with Gasteiger partial charge in [0.25, 0.3) is 0 Å². The molecule has 34 heavy (non-hydrogen) atoms. The molecule has 4 rings (SSSR count). The molecular formula is C25H30N6O3. The minimum Gasteiger partial charge on any atom is -0.465 e. The van der Waals surface area contributed by atoms with Gasteiger partial charge in [-0.3, -0.25) is 4.79 Å². The standard InChI is InChI=1S/C25H30N6O3/c1-16-4-9-20-21(14-16)28-24(30(2)3)29-22(20)26-15-17-5-7-19(8-6-17)27-23(32)18-10-12-31(13-11-18)25(33)34/h4-9,14,18H,10-13,15H2,1-3H3,(H,27,32)(H,33,34)(H,26,28,29). The van der Waals surface area contributed by atoms with Gasteiger partial charge in [0.05, 0.1) is 5.52 Å². The molecule has 0 spiro atoms. The van der Waals surface area contributed by atoms with Crippen LogP contribution in [0, 0.1) is 12.8 Å². The van der Waals surface area contributed by atoms with E-state index in [1.54, 1.807) is 0 Å². The second-order valence-corrected chi connectivity index (χ2v) is 8.87. The molecule has 3 aromatic rings. The maximum atomic E-state index is 12.6. The molecular weight excluding hydrogens is 432 g/mol. The normalized spacial score (nSPS) is 14.1. The van der Waals surface area contributed by atoms with Crippen molar-refractivity contribution in [2.24, 2.45) is 5.92 Å². The van der Waals surface area contributed by atoms with Gasteiger partial charge in [-0.2, -0.15) is 4.98 Å². The number of carbonyl (C=O) groups excluding carboxylic acids is 1. The Balaban J connectivity index is 1.38. The van der Waals surface area contributed by atoms with E-state index in [1.807, 2.05) is 56.3 Å². The largest absolute Gasteiger partial charge is 0.465 e. The molecule has 9 heteroatoms. The molecule has 2 amide bonds. The number of fused-ring (bicyclic) bond motifs is 1. The number of aromatic nitrogens is 2. The van der Waals surface area contributed by atoms with Crippen molar-refractivity contribution < 1.29 is 14.7 Å². The van der Waals surface area contributed by atoms with Crippen molar-refractivity contribution in [3.8, 4) is 0 Å². The van der Waals surface area contributed by atoms with Crippen molar-refractivity contribution in [1.29, 1.82) is 0 Å². The van der Waals surface area contributed by atoms with Gasteiger partial charge >= 0.3 is 6.09 Å². The lowest BCUT2D eigenvalue weighted by atomic mass is 9.96. The van der Waals surface area contributed by atoms with Crippen LogP contribution in [0.5, 0.6) is 0 Å². The van der Waals surface area contributed by atoms with Crippen molar-refractivity contribution in [3.05, 3.63) is 53.6 Å². The van der Waals surface area contributed by atoms with E-state index in [0.29, 0.717) is 38.4 Å². The van der Waals surface area contributed by atoms with Crippen LogP contribution in [0.25, 0.3) is 10.9 Å². The van der Waals surface area contributed by atoms with Crippen molar-refractivity contribution in [1.82, 2.24) is 14.9 Å². The third kappa shape index (κ3) is 5.36. The van der Waals surface area contributed by atoms with Gasteiger partial charge in [-0.25, -0.2) is 9.78 Å². The molecule has 0 unspecified atom stereocenters. The summed E-state index contributed by atoms with van der Waals surface area (Å²) in [5.74, 6) is 1.19. The minimum absolute atomic E-state index is 0.0603. The van der Waals surface area contributed by atoms with Crippen LogP contribution < -0.4 is 15.5 Å². The van der Waals surface area contributed by atoms with Crippen molar-refractivity contribution >= 4 is 40.4 Å². The zero-order chi connectivity index (χ0) is 24.2. The number of piperidine rings is 1. The molecule has 0 radical (unpaired) electrons. The maximum Gasteiger partial charge on any atom is 0.407 e. The molecule has 2 aromatic carbocycles. The molecule has 1 aliphatic heterocycles. The van der Waals surface area contributed by atoms with Crippen LogP contribution in [0.2, 0.25) is 0 Å². The highest BCUT2D eigenvalue weighted by Crippen LogP contribution is 2.25. The summed E-state index contributed by atoms with van der Waals surface area (Å²) in [6.07, 6.45) is 0.161. The Kier molecular flexibility index (Phi) is 6.81. The van der Waals surface area contributed by atoms with Crippen LogP contribution in [0.15, 0.2) is 42.5 Å². The Labute approximate surface area is 198 Å². The zero-order valence-electron chi connectivity index (χ0n) is 19.7. The highest BCUT2D eigenvalue weighted by molar-refractivity contribution is 5.93. The number of carboxylic acid groups (broad SMARTS) is 1. The Morgan fingerprint density at radius 3 is 2.44 bits per heavy atom. The number of aryl methyl sites for hydroxylation is 1. The average Bonchev–Trinajstić information content (AvgIpc) is 2.83. The summed E-state index contributed by atoms with van der Waals surface area (Å²) >= 11 is 0. The lowest BCUT2D eigenvalue weighted by Crippen LogP contribution is -2.40. The summed E-state index contributed by atoms with van der Waals surface area (Å²) in [7, 11) is 3.84. The van der Waals surface area contributed by atoms with E-state index in [2.05, 4.69) is 32.7 Å². The van der Waals surface area contributed by atoms with Gasteiger partial charge in [-0.15, -0.1) is 0 Å². The first-order valence-electron chi connectivity index (χ1n) is 11.4. The van der Waals surface area contributed by atoms with Gasteiger partial charge in [0, 0.05) is 50.7 Å². The summed E-state index contributed by atoms with van der Waals surface area (Å²) < 4.78 is 0. The van der Waals surface area contributed by atoms with Gasteiger partial charge in [-0.05, 0) is 55.2 Å². The van der Waals surface area contributed by atoms with Gasteiger partial charge in [0.15, 0.2) is 0 Å². The van der Waals surface area contributed by atoms with E-state index >= 15 is 0 Å². The molecule has 9 nitrogen and oxygen atoms in total. The summed E-state index contributed by atoms with van der Waals surface area (Å²) in [6.45, 7) is 3.41.